The zero-order valence-corrected chi connectivity index (χ0v) is 31.0. The monoisotopic (exact) mass is 729 g/mol. The molecule has 286 valence electrons. The summed E-state index contributed by atoms with van der Waals surface area (Å²) in [6.45, 7) is 6.84. The standard InChI is InChI=1S/C34H59N5O10S/c1-23(40)39-32-28(20-27(22-47-24(2)41)33(48-25(3)42)34(32)49-26(4)43)50-19-13-7-12-17-37-30(45)14-8-5-10-16-36-29(44)15-9-6-11-18-38-31(46)21-35/h27-28,32-34H,5-22,35H2,1-4H3,(H,36,44)(H,37,45)(H,38,46)(H,39,40)/t27?,28-,32?,33+,34-/m1/s1. The fourth-order valence-electron chi connectivity index (χ4n) is 5.66. The van der Waals surface area contributed by atoms with Crippen molar-refractivity contribution in [3.05, 3.63) is 0 Å². The number of nitrogens with one attached hydrogen (secondary N) is 4. The minimum atomic E-state index is -0.952. The van der Waals surface area contributed by atoms with Gasteiger partial charge in [0.25, 0.3) is 0 Å². The molecule has 4 amide bonds. The molecular weight excluding hydrogens is 670 g/mol. The lowest BCUT2D eigenvalue weighted by atomic mass is 9.80. The summed E-state index contributed by atoms with van der Waals surface area (Å²) in [4.78, 5) is 82.9. The predicted molar refractivity (Wildman–Crippen MR) is 189 cm³/mol. The molecule has 5 atom stereocenters. The van der Waals surface area contributed by atoms with Gasteiger partial charge in [0.1, 0.15) is 6.10 Å². The van der Waals surface area contributed by atoms with E-state index in [2.05, 4.69) is 21.3 Å². The van der Waals surface area contributed by atoms with Crippen LogP contribution in [0.25, 0.3) is 0 Å². The highest BCUT2D eigenvalue weighted by Gasteiger charge is 2.49. The molecule has 1 rings (SSSR count). The van der Waals surface area contributed by atoms with Gasteiger partial charge >= 0.3 is 17.9 Å². The Morgan fingerprint density at radius 1 is 0.640 bits per heavy atom. The summed E-state index contributed by atoms with van der Waals surface area (Å²) in [6.07, 6.45) is 6.85. The third kappa shape index (κ3) is 21.0. The molecule has 0 radical (unpaired) electrons. The van der Waals surface area contributed by atoms with Crippen LogP contribution >= 0.6 is 11.8 Å². The van der Waals surface area contributed by atoms with Gasteiger partial charge in [0, 0.05) is 71.3 Å². The van der Waals surface area contributed by atoms with Crippen LogP contribution in [-0.4, -0.2) is 104 Å². The number of carbonyl (C=O) groups is 7. The van der Waals surface area contributed by atoms with E-state index in [1.54, 1.807) is 11.8 Å². The smallest absolute Gasteiger partial charge is 0.303 e. The highest BCUT2D eigenvalue weighted by molar-refractivity contribution is 7.99. The molecule has 0 spiro atoms. The Labute approximate surface area is 300 Å². The molecule has 15 nitrogen and oxygen atoms in total. The van der Waals surface area contributed by atoms with Crippen molar-refractivity contribution < 1.29 is 47.8 Å². The molecule has 16 heteroatoms. The van der Waals surface area contributed by atoms with E-state index in [1.165, 1.54) is 27.7 Å². The van der Waals surface area contributed by atoms with Crippen molar-refractivity contribution in [2.45, 2.75) is 128 Å². The van der Waals surface area contributed by atoms with Gasteiger partial charge in [-0.3, -0.25) is 33.6 Å². The summed E-state index contributed by atoms with van der Waals surface area (Å²) in [5.74, 6) is -1.81. The van der Waals surface area contributed by atoms with Crippen LogP contribution in [0.5, 0.6) is 0 Å². The molecule has 50 heavy (non-hydrogen) atoms. The topological polar surface area (TPSA) is 221 Å². The first-order valence-corrected chi connectivity index (χ1v) is 18.8. The first kappa shape index (κ1) is 44.6. The molecule has 1 saturated carbocycles. The second kappa shape index (κ2) is 26.4. The predicted octanol–water partition coefficient (Wildman–Crippen LogP) is 1.64. The van der Waals surface area contributed by atoms with Crippen LogP contribution in [0.3, 0.4) is 0 Å². The minimum absolute atomic E-state index is 0.00378. The number of unbranched alkanes of at least 4 members (excludes halogenated alkanes) is 6. The molecule has 1 aliphatic carbocycles. The first-order chi connectivity index (χ1) is 23.8. The van der Waals surface area contributed by atoms with Crippen LogP contribution in [-0.2, 0) is 47.8 Å². The van der Waals surface area contributed by atoms with Crippen LogP contribution in [0, 0.1) is 5.92 Å². The third-order valence-electron chi connectivity index (χ3n) is 8.02. The van der Waals surface area contributed by atoms with Gasteiger partial charge in [-0.15, -0.1) is 0 Å². The summed E-state index contributed by atoms with van der Waals surface area (Å²) in [7, 11) is 0. The largest absolute Gasteiger partial charge is 0.465 e. The van der Waals surface area contributed by atoms with Gasteiger partial charge in [-0.25, -0.2) is 0 Å². The lowest BCUT2D eigenvalue weighted by Gasteiger charge is -2.45. The van der Waals surface area contributed by atoms with Crippen molar-refractivity contribution in [2.24, 2.45) is 11.7 Å². The number of thioether (sulfide) groups is 1. The number of esters is 3. The molecule has 6 N–H and O–H groups in total. The van der Waals surface area contributed by atoms with Gasteiger partial charge in [-0.2, -0.15) is 11.8 Å². The maximum atomic E-state index is 12.2. The van der Waals surface area contributed by atoms with Crippen LogP contribution in [0.15, 0.2) is 0 Å². The van der Waals surface area contributed by atoms with E-state index in [0.29, 0.717) is 38.9 Å². The molecule has 1 aliphatic rings. The minimum Gasteiger partial charge on any atom is -0.465 e. The fraction of sp³-hybridized carbons (Fsp3) is 0.794. The number of ether oxygens (including phenoxy) is 3. The van der Waals surface area contributed by atoms with Crippen LogP contribution in [0.4, 0.5) is 0 Å². The van der Waals surface area contributed by atoms with Crippen molar-refractivity contribution in [3.63, 3.8) is 0 Å². The number of carbonyl (C=O) groups excluding carboxylic acids is 7. The van der Waals surface area contributed by atoms with Gasteiger partial charge < -0.3 is 41.2 Å². The number of nitrogens with two attached hydrogens (primary N) is 1. The summed E-state index contributed by atoms with van der Waals surface area (Å²) in [5, 5.41) is 11.3. The van der Waals surface area contributed by atoms with E-state index in [0.717, 1.165) is 63.5 Å². The van der Waals surface area contributed by atoms with Gasteiger partial charge in [0.2, 0.25) is 23.6 Å². The average Bonchev–Trinajstić information content (AvgIpc) is 3.04. The number of amides is 4. The highest BCUT2D eigenvalue weighted by Crippen LogP contribution is 2.37. The lowest BCUT2D eigenvalue weighted by Crippen LogP contribution is -2.62. The molecule has 2 unspecified atom stereocenters. The maximum Gasteiger partial charge on any atom is 0.303 e. The van der Waals surface area contributed by atoms with Gasteiger partial charge in [0.15, 0.2) is 6.10 Å². The lowest BCUT2D eigenvalue weighted by molar-refractivity contribution is -0.181. The van der Waals surface area contributed by atoms with Crippen molar-refractivity contribution >= 4 is 53.3 Å². The molecule has 0 bridgehead atoms. The highest BCUT2D eigenvalue weighted by atomic mass is 32.2. The van der Waals surface area contributed by atoms with Crippen LogP contribution in [0.1, 0.15) is 105 Å². The van der Waals surface area contributed by atoms with Crippen molar-refractivity contribution in [1.29, 1.82) is 0 Å². The fourth-order valence-corrected chi connectivity index (χ4v) is 7.15. The number of rotatable bonds is 25. The van der Waals surface area contributed by atoms with Crippen LogP contribution < -0.4 is 27.0 Å². The molecule has 0 aromatic carbocycles. The molecule has 1 fully saturated rings. The molecule has 0 saturated heterocycles. The zero-order chi connectivity index (χ0) is 37.3. The van der Waals surface area contributed by atoms with E-state index in [1.807, 2.05) is 0 Å². The van der Waals surface area contributed by atoms with Crippen molar-refractivity contribution in [2.75, 3.05) is 38.5 Å². The summed E-state index contributed by atoms with van der Waals surface area (Å²) in [6, 6.07) is -0.616. The maximum absolute atomic E-state index is 12.2. The molecular formula is C34H59N5O10S. The number of hydrogen-bond acceptors (Lipinski definition) is 12. The van der Waals surface area contributed by atoms with Gasteiger partial charge in [-0.1, -0.05) is 19.3 Å². The second-order valence-corrected chi connectivity index (χ2v) is 13.9. The summed E-state index contributed by atoms with van der Waals surface area (Å²) in [5.41, 5.74) is 5.23. The summed E-state index contributed by atoms with van der Waals surface area (Å²) >= 11 is 1.61. The van der Waals surface area contributed by atoms with Crippen molar-refractivity contribution in [3.8, 4) is 0 Å². The molecule has 0 aromatic rings. The second-order valence-electron chi connectivity index (χ2n) is 12.5. The van der Waals surface area contributed by atoms with Gasteiger partial charge in [-0.05, 0) is 50.7 Å². The van der Waals surface area contributed by atoms with Gasteiger partial charge in [0.05, 0.1) is 19.2 Å². The number of hydrogen-bond donors (Lipinski definition) is 5. The first-order valence-electron chi connectivity index (χ1n) is 17.7. The van der Waals surface area contributed by atoms with E-state index in [9.17, 15) is 33.6 Å². The Hall–Kier alpha value is -3.40. The van der Waals surface area contributed by atoms with Crippen LogP contribution in [0.2, 0.25) is 0 Å². The zero-order valence-electron chi connectivity index (χ0n) is 30.2. The Bertz CT molecular complexity index is 1090. The Morgan fingerprint density at radius 2 is 1.14 bits per heavy atom. The average molecular weight is 730 g/mol. The quantitative estimate of drug-likeness (QED) is 0.0514. The third-order valence-corrected chi connectivity index (χ3v) is 9.46. The van der Waals surface area contributed by atoms with E-state index >= 15 is 0 Å². The van der Waals surface area contributed by atoms with E-state index in [-0.39, 0.29) is 42.0 Å². The Morgan fingerprint density at radius 3 is 1.62 bits per heavy atom. The molecule has 0 aromatic heterocycles. The Kier molecular flexibility index (Phi) is 23.6. The molecule has 0 heterocycles. The van der Waals surface area contributed by atoms with E-state index < -0.39 is 42.1 Å². The normalized spacial score (nSPS) is 19.8. The SMILES string of the molecule is CC(=O)NC1[C@@H](OC(C)=O)[C@@H](OC(C)=O)C(COC(C)=O)C[C@H]1SCCCCCNC(=O)CCCCCNC(=O)CCCCCNC(=O)CN. The van der Waals surface area contributed by atoms with Crippen molar-refractivity contribution in [1.82, 2.24) is 21.3 Å². The van der Waals surface area contributed by atoms with E-state index in [4.69, 9.17) is 19.9 Å². The summed E-state index contributed by atoms with van der Waals surface area (Å²) < 4.78 is 16.4. The Balaban J connectivity index is 2.34. The molecule has 0 aliphatic heterocycles.